The molecule has 29 heavy (non-hydrogen) atoms. The first-order valence-corrected chi connectivity index (χ1v) is 12.0. The van der Waals surface area contributed by atoms with Gasteiger partial charge in [0.05, 0.1) is 10.6 Å². The van der Waals surface area contributed by atoms with E-state index in [0.29, 0.717) is 17.4 Å². The molecule has 0 unspecified atom stereocenters. The van der Waals surface area contributed by atoms with E-state index in [1.165, 1.54) is 25.7 Å². The third-order valence-corrected chi connectivity index (χ3v) is 7.06. The van der Waals surface area contributed by atoms with E-state index in [1.54, 1.807) is 24.3 Å². The van der Waals surface area contributed by atoms with Crippen LogP contribution in [0.15, 0.2) is 40.2 Å². The van der Waals surface area contributed by atoms with E-state index in [9.17, 15) is 8.42 Å². The monoisotopic (exact) mass is 537 g/mol. The molecule has 0 bridgehead atoms. The van der Waals surface area contributed by atoms with Crippen LogP contribution in [0.25, 0.3) is 0 Å². The third kappa shape index (κ3) is 8.80. The molecule has 0 aromatic heterocycles. The predicted molar refractivity (Wildman–Crippen MR) is 130 cm³/mol. The van der Waals surface area contributed by atoms with E-state index in [4.69, 9.17) is 9.73 Å². The van der Waals surface area contributed by atoms with Crippen molar-refractivity contribution in [2.45, 2.75) is 50.8 Å². The molecule has 8 heteroatoms. The molecule has 0 amide bonds. The van der Waals surface area contributed by atoms with Gasteiger partial charge in [0.2, 0.25) is 0 Å². The molecule has 1 aromatic rings. The minimum atomic E-state index is -3.29. The van der Waals surface area contributed by atoms with Crippen LogP contribution in [-0.2, 0) is 14.6 Å². The van der Waals surface area contributed by atoms with Crippen molar-refractivity contribution >= 4 is 39.8 Å². The Morgan fingerprint density at radius 1 is 1.14 bits per heavy atom. The fraction of sp³-hybridized carbons (Fsp3) is 0.667. The maximum atomic E-state index is 12.4. The Morgan fingerprint density at radius 2 is 1.83 bits per heavy atom. The van der Waals surface area contributed by atoms with Crippen LogP contribution >= 0.6 is 24.0 Å². The highest BCUT2D eigenvalue weighted by molar-refractivity contribution is 14.0. The first-order valence-electron chi connectivity index (χ1n) is 10.4. The number of rotatable bonds is 11. The molecule has 1 aromatic carbocycles. The predicted octanol–water partition coefficient (Wildman–Crippen LogP) is 3.62. The van der Waals surface area contributed by atoms with E-state index < -0.39 is 9.84 Å². The van der Waals surface area contributed by atoms with Crippen LogP contribution < -0.4 is 10.6 Å². The molecule has 0 spiro atoms. The van der Waals surface area contributed by atoms with Gasteiger partial charge in [-0.1, -0.05) is 31.0 Å². The van der Waals surface area contributed by atoms with Gasteiger partial charge < -0.3 is 15.4 Å². The summed E-state index contributed by atoms with van der Waals surface area (Å²) in [7, 11) is -3.29. The molecule has 0 aliphatic heterocycles. The largest absolute Gasteiger partial charge is 0.382 e. The Balaban J connectivity index is 0.00000420. The van der Waals surface area contributed by atoms with Crippen molar-refractivity contribution in [1.82, 2.24) is 10.6 Å². The summed E-state index contributed by atoms with van der Waals surface area (Å²) < 4.78 is 30.4. The lowest BCUT2D eigenvalue weighted by molar-refractivity contribution is 0.107. The fourth-order valence-corrected chi connectivity index (χ4v) is 4.86. The normalized spacial score (nSPS) is 16.3. The highest BCUT2D eigenvalue weighted by atomic mass is 127. The Labute approximate surface area is 193 Å². The lowest BCUT2D eigenvalue weighted by Crippen LogP contribution is -2.40. The minimum absolute atomic E-state index is 0. The van der Waals surface area contributed by atoms with E-state index in [1.807, 2.05) is 19.9 Å². The number of sulfone groups is 1. The molecule has 1 aliphatic rings. The summed E-state index contributed by atoms with van der Waals surface area (Å²) in [5.41, 5.74) is 0.216. The quantitative estimate of drug-likeness (QED) is 0.195. The average molecular weight is 538 g/mol. The van der Waals surface area contributed by atoms with Crippen LogP contribution in [0, 0.1) is 5.41 Å². The molecule has 2 N–H and O–H groups in total. The Bertz CT molecular complexity index is 705. The number of ether oxygens (including phenoxy) is 1. The minimum Gasteiger partial charge on any atom is -0.382 e. The van der Waals surface area contributed by atoms with Crippen LogP contribution in [0.1, 0.15) is 46.0 Å². The van der Waals surface area contributed by atoms with Crippen LogP contribution in [0.2, 0.25) is 0 Å². The lowest BCUT2D eigenvalue weighted by atomic mass is 9.83. The zero-order chi connectivity index (χ0) is 20.3. The number of hydrogen-bond acceptors (Lipinski definition) is 4. The number of aliphatic imine (C=N–C) groups is 1. The summed E-state index contributed by atoms with van der Waals surface area (Å²) in [5.74, 6) is 0.727. The van der Waals surface area contributed by atoms with Gasteiger partial charge in [-0.05, 0) is 50.7 Å². The van der Waals surface area contributed by atoms with E-state index in [2.05, 4.69) is 10.6 Å². The van der Waals surface area contributed by atoms with Crippen LogP contribution in [0.5, 0.6) is 0 Å². The summed E-state index contributed by atoms with van der Waals surface area (Å²) in [6.07, 6.45) is 5.91. The first-order chi connectivity index (χ1) is 13.5. The number of hydrogen-bond donors (Lipinski definition) is 2. The molecule has 166 valence electrons. The number of nitrogens with one attached hydrogen (secondary N) is 2. The second kappa shape index (κ2) is 13.4. The summed E-state index contributed by atoms with van der Waals surface area (Å²) in [6.45, 7) is 7.39. The third-order valence-electron chi connectivity index (χ3n) is 5.33. The van der Waals surface area contributed by atoms with Gasteiger partial charge in [0.25, 0.3) is 0 Å². The molecule has 0 heterocycles. The van der Waals surface area contributed by atoms with E-state index in [-0.39, 0.29) is 35.1 Å². The number of guanidine groups is 1. The molecule has 6 nitrogen and oxygen atoms in total. The zero-order valence-corrected chi connectivity index (χ0v) is 20.8. The van der Waals surface area contributed by atoms with Crippen molar-refractivity contribution in [3.63, 3.8) is 0 Å². The van der Waals surface area contributed by atoms with Gasteiger partial charge in [0.1, 0.15) is 0 Å². The van der Waals surface area contributed by atoms with Crippen LogP contribution in [-0.4, -0.2) is 53.0 Å². The fourth-order valence-electron chi connectivity index (χ4n) is 3.68. The first kappa shape index (κ1) is 26.2. The maximum absolute atomic E-state index is 12.4. The number of halogens is 1. The molecular weight excluding hydrogens is 501 g/mol. The van der Waals surface area contributed by atoms with Crippen molar-refractivity contribution in [2.75, 3.05) is 38.6 Å². The second-order valence-corrected chi connectivity index (χ2v) is 9.52. The van der Waals surface area contributed by atoms with Crippen molar-refractivity contribution in [3.8, 4) is 0 Å². The van der Waals surface area contributed by atoms with Crippen molar-refractivity contribution in [3.05, 3.63) is 30.3 Å². The van der Waals surface area contributed by atoms with Gasteiger partial charge in [0, 0.05) is 32.8 Å². The van der Waals surface area contributed by atoms with Gasteiger partial charge in [-0.3, -0.25) is 4.99 Å². The molecule has 1 saturated carbocycles. The van der Waals surface area contributed by atoms with Gasteiger partial charge in [0.15, 0.2) is 15.8 Å². The lowest BCUT2D eigenvalue weighted by Gasteiger charge is -2.27. The molecule has 0 saturated heterocycles. The molecule has 0 radical (unpaired) electrons. The molecule has 2 rings (SSSR count). The summed E-state index contributed by atoms with van der Waals surface area (Å²) in [6, 6.07) is 8.58. The van der Waals surface area contributed by atoms with Gasteiger partial charge in [-0.2, -0.15) is 0 Å². The molecule has 1 aliphatic carbocycles. The highest BCUT2D eigenvalue weighted by Crippen LogP contribution is 2.41. The SMILES string of the molecule is CCNC(=NCC1(CCOCC)CCCC1)NCCS(=O)(=O)c1ccccc1.I. The Kier molecular flexibility index (Phi) is 12.1. The number of nitrogens with zero attached hydrogens (tertiary/aromatic N) is 1. The van der Waals surface area contributed by atoms with Crippen LogP contribution in [0.4, 0.5) is 0 Å². The van der Waals surface area contributed by atoms with E-state index >= 15 is 0 Å². The smallest absolute Gasteiger partial charge is 0.191 e. The number of benzene rings is 1. The second-order valence-electron chi connectivity index (χ2n) is 7.41. The molecule has 1 fully saturated rings. The van der Waals surface area contributed by atoms with Gasteiger partial charge in [-0.25, -0.2) is 8.42 Å². The standard InChI is InChI=1S/C21H35N3O3S.HI/c1-3-22-20(23-15-17-28(25,26)19-10-6-5-7-11-19)24-18-21(12-8-9-13-21)14-16-27-4-2;/h5-7,10-11H,3-4,8-9,12-18H2,1-2H3,(H2,22,23,24);1H. The zero-order valence-electron chi connectivity index (χ0n) is 17.7. The molecular formula is C21H36IN3O3S. The topological polar surface area (TPSA) is 79.8 Å². The average Bonchev–Trinajstić information content (AvgIpc) is 3.16. The van der Waals surface area contributed by atoms with Crippen molar-refractivity contribution < 1.29 is 13.2 Å². The maximum Gasteiger partial charge on any atom is 0.191 e. The Morgan fingerprint density at radius 3 is 2.45 bits per heavy atom. The Hall–Kier alpha value is -0.870. The van der Waals surface area contributed by atoms with Gasteiger partial charge in [-0.15, -0.1) is 24.0 Å². The molecule has 0 atom stereocenters. The summed E-state index contributed by atoms with van der Waals surface area (Å²) in [4.78, 5) is 5.14. The van der Waals surface area contributed by atoms with E-state index in [0.717, 1.165) is 32.7 Å². The summed E-state index contributed by atoms with van der Waals surface area (Å²) in [5, 5.41) is 6.41. The van der Waals surface area contributed by atoms with Gasteiger partial charge >= 0.3 is 0 Å². The highest BCUT2D eigenvalue weighted by Gasteiger charge is 2.33. The van der Waals surface area contributed by atoms with Crippen molar-refractivity contribution in [1.29, 1.82) is 0 Å². The van der Waals surface area contributed by atoms with Crippen molar-refractivity contribution in [2.24, 2.45) is 10.4 Å². The van der Waals surface area contributed by atoms with Crippen LogP contribution in [0.3, 0.4) is 0 Å². The summed E-state index contributed by atoms with van der Waals surface area (Å²) >= 11 is 0.